The smallest absolute Gasteiger partial charge is 0.0487 e. The van der Waals surface area contributed by atoms with E-state index in [4.69, 9.17) is 0 Å². The van der Waals surface area contributed by atoms with Crippen LogP contribution in [-0.2, 0) is 0 Å². The molecule has 2 aliphatic carbocycles. The van der Waals surface area contributed by atoms with Gasteiger partial charge in [-0.3, -0.25) is 0 Å². The average Bonchev–Trinajstić information content (AvgIpc) is 3.37. The van der Waals surface area contributed by atoms with Gasteiger partial charge in [0.1, 0.15) is 0 Å². The quantitative estimate of drug-likeness (QED) is 0.127. The largest absolute Gasteiger partial charge is 0.344 e. The Bertz CT molecular complexity index is 3240. The summed E-state index contributed by atoms with van der Waals surface area (Å²) < 4.78 is 0. The summed E-state index contributed by atoms with van der Waals surface area (Å²) in [6.45, 7) is 4.38. The van der Waals surface area contributed by atoms with E-state index in [2.05, 4.69) is 311 Å². The first kappa shape index (κ1) is 45.4. The third-order valence-corrected chi connectivity index (χ3v) is 12.3. The first-order valence-electron chi connectivity index (χ1n) is 23.2. The zero-order chi connectivity index (χ0) is 46.2. The number of hydrogen-bond donors (Lipinski definition) is 0. The zero-order valence-corrected chi connectivity index (χ0v) is 39.0. The first-order valence-corrected chi connectivity index (χ1v) is 23.2. The van der Waals surface area contributed by atoms with Gasteiger partial charge in [0, 0.05) is 47.3 Å². The van der Waals surface area contributed by atoms with Crippen molar-refractivity contribution in [3.05, 3.63) is 304 Å². The molecule has 0 spiro atoms. The van der Waals surface area contributed by atoms with Crippen LogP contribution in [0.5, 0.6) is 0 Å². The van der Waals surface area contributed by atoms with Gasteiger partial charge in [-0.05, 0) is 98.7 Å². The average molecular weight is 867 g/mol. The maximum atomic E-state index is 2.31. The van der Waals surface area contributed by atoms with Crippen LogP contribution < -0.4 is 30.7 Å². The Hall–Kier alpha value is -8.20. The Morgan fingerprint density at radius 1 is 0.433 bits per heavy atom. The second kappa shape index (κ2) is 22.6. The molecule has 8 rings (SSSR count). The Labute approximate surface area is 397 Å². The summed E-state index contributed by atoms with van der Waals surface area (Å²) in [5, 5.41) is 4.67. The number of anilines is 2. The summed E-state index contributed by atoms with van der Waals surface area (Å²) in [5.74, 6) is 0.219. The number of nitrogens with zero attached hydrogens (tertiary/aromatic N) is 2. The van der Waals surface area contributed by atoms with Gasteiger partial charge in [-0.2, -0.15) is 0 Å². The van der Waals surface area contributed by atoms with Gasteiger partial charge in [-0.15, -0.1) is 0 Å². The van der Waals surface area contributed by atoms with E-state index >= 15 is 0 Å². The van der Waals surface area contributed by atoms with Crippen molar-refractivity contribution in [3.63, 3.8) is 0 Å². The fourth-order valence-corrected chi connectivity index (χ4v) is 8.39. The highest BCUT2D eigenvalue weighted by Gasteiger charge is 2.11. The third-order valence-electron chi connectivity index (χ3n) is 12.3. The molecule has 2 nitrogen and oxygen atoms in total. The van der Waals surface area contributed by atoms with Crippen LogP contribution in [0.25, 0.3) is 40.3 Å². The Morgan fingerprint density at radius 2 is 0.896 bits per heavy atom. The molecule has 0 saturated heterocycles. The molecule has 0 radical (unpaired) electrons. The molecule has 0 aliphatic heterocycles. The molecule has 6 aromatic carbocycles. The fourth-order valence-electron chi connectivity index (χ4n) is 8.39. The maximum absolute atomic E-state index is 2.31. The van der Waals surface area contributed by atoms with E-state index in [-0.39, 0.29) is 5.92 Å². The molecular weight excluding hydrogens is 809 g/mol. The summed E-state index contributed by atoms with van der Waals surface area (Å²) in [4.78, 5) is 4.56. The number of benzene rings is 6. The molecule has 2 heteroatoms. The molecule has 67 heavy (non-hydrogen) atoms. The van der Waals surface area contributed by atoms with Gasteiger partial charge in [-0.1, -0.05) is 244 Å². The summed E-state index contributed by atoms with van der Waals surface area (Å²) in [6.07, 6.45) is 41.2. The van der Waals surface area contributed by atoms with Crippen LogP contribution in [0, 0.1) is 0 Å². The molecule has 0 bridgehead atoms. The highest BCUT2D eigenvalue weighted by atomic mass is 15.1. The van der Waals surface area contributed by atoms with Crippen molar-refractivity contribution in [2.75, 3.05) is 23.9 Å². The van der Waals surface area contributed by atoms with Crippen molar-refractivity contribution in [2.24, 2.45) is 0 Å². The minimum Gasteiger partial charge on any atom is -0.344 e. The highest BCUT2D eigenvalue weighted by Crippen LogP contribution is 2.27. The predicted molar refractivity (Wildman–Crippen MR) is 292 cm³/mol. The molecule has 328 valence electrons. The van der Waals surface area contributed by atoms with Crippen LogP contribution >= 0.6 is 0 Å². The topological polar surface area (TPSA) is 6.48 Å². The number of fused-ring (bicyclic) bond motifs is 2. The first-order chi connectivity index (χ1) is 33.0. The van der Waals surface area contributed by atoms with Crippen molar-refractivity contribution in [3.8, 4) is 0 Å². The van der Waals surface area contributed by atoms with Gasteiger partial charge < -0.3 is 9.80 Å². The number of likely N-dealkylation sites (N-methyl/N-ethyl adjacent to an activating group) is 2. The molecule has 0 N–H and O–H groups in total. The third kappa shape index (κ3) is 11.6. The van der Waals surface area contributed by atoms with Crippen molar-refractivity contribution in [2.45, 2.75) is 19.8 Å². The van der Waals surface area contributed by atoms with Crippen molar-refractivity contribution in [1.82, 2.24) is 0 Å². The molecule has 0 amide bonds. The molecule has 0 saturated carbocycles. The van der Waals surface area contributed by atoms with Gasteiger partial charge in [0.2, 0.25) is 0 Å². The monoisotopic (exact) mass is 866 g/mol. The lowest BCUT2D eigenvalue weighted by molar-refractivity contribution is 0.967. The van der Waals surface area contributed by atoms with E-state index in [1.807, 2.05) is 0 Å². The van der Waals surface area contributed by atoms with E-state index in [9.17, 15) is 0 Å². The standard InChI is InChI=1S/C65H58N2/c1-5-51(57-44-48-61(49-45-57)67(4)65-37-23-20-30-54(53-24-11-8-12-25-53)29-16-17-31-58-32-18-21-34-62(58)65)39-38-50(2)52-42-46-60(47-43-52)66(3)64-36-15-7-6-10-28-56(55-26-13-9-14-27-55)40-41-59-33-19-22-35-63(59)64/h5-50H,1-4H3/b7-6+,10-6?,15-7?,17-16+,23-20?,28-10-,29-16?,30-20-,31-17?,36-15-,37-23-,39-38-,41-40?,51-5+,54-29+,54-30?,56-28?,56-40+,58-31+,59-41+,64-36?,64-63+,65-37?,65-62+. The van der Waals surface area contributed by atoms with Crippen LogP contribution in [0.2, 0.25) is 0 Å². The SMILES string of the molecule is C/C=C(\C=C/C(C)c1ccc(N(C)C2=c3\cccc\c3=C/C=C(c3ccccc3)\C=C/C=C/C=C\2)cc1)c1ccc(N(C)C2=c3\cccc\c3=C/C=C/C=C(c3ccccc3)\C=C/C=C\2)cc1. The van der Waals surface area contributed by atoms with Crippen LogP contribution in [0.4, 0.5) is 11.4 Å². The van der Waals surface area contributed by atoms with Gasteiger partial charge >= 0.3 is 0 Å². The van der Waals surface area contributed by atoms with E-state index < -0.39 is 0 Å². The minimum absolute atomic E-state index is 0.219. The minimum atomic E-state index is 0.219. The summed E-state index contributed by atoms with van der Waals surface area (Å²) in [6, 6.07) is 56.2. The molecule has 1 unspecified atom stereocenters. The number of allylic oxidation sites excluding steroid dienone is 18. The number of rotatable bonds is 10. The number of hydrogen-bond acceptors (Lipinski definition) is 2. The molecule has 0 heterocycles. The van der Waals surface area contributed by atoms with E-state index in [1.165, 1.54) is 38.3 Å². The molecular formula is C65H58N2. The Morgan fingerprint density at radius 3 is 1.48 bits per heavy atom. The van der Waals surface area contributed by atoms with E-state index in [0.717, 1.165) is 44.4 Å². The van der Waals surface area contributed by atoms with Crippen LogP contribution in [-0.4, -0.2) is 14.1 Å². The second-order valence-electron chi connectivity index (χ2n) is 16.6. The summed E-state index contributed by atoms with van der Waals surface area (Å²) in [7, 11) is 4.30. The summed E-state index contributed by atoms with van der Waals surface area (Å²) >= 11 is 0. The van der Waals surface area contributed by atoms with Crippen molar-refractivity contribution >= 4 is 51.6 Å². The van der Waals surface area contributed by atoms with Crippen LogP contribution in [0.15, 0.2) is 261 Å². The zero-order valence-electron chi connectivity index (χ0n) is 39.0. The maximum Gasteiger partial charge on any atom is 0.0487 e. The van der Waals surface area contributed by atoms with E-state index in [0.29, 0.717) is 0 Å². The molecule has 2 aliphatic rings. The van der Waals surface area contributed by atoms with E-state index in [1.54, 1.807) is 0 Å². The van der Waals surface area contributed by atoms with Crippen LogP contribution in [0.1, 0.15) is 42.0 Å². The fraction of sp³-hybridized carbons (Fsp3) is 0.0769. The molecule has 1 atom stereocenters. The normalized spacial score (nSPS) is 21.6. The molecule has 0 fully saturated rings. The van der Waals surface area contributed by atoms with Crippen molar-refractivity contribution in [1.29, 1.82) is 0 Å². The highest BCUT2D eigenvalue weighted by molar-refractivity contribution is 5.81. The Kier molecular flexibility index (Phi) is 15.3. The van der Waals surface area contributed by atoms with Gasteiger partial charge in [-0.25, -0.2) is 0 Å². The summed E-state index contributed by atoms with van der Waals surface area (Å²) in [5.41, 5.74) is 12.8. The lowest BCUT2D eigenvalue weighted by atomic mass is 9.97. The van der Waals surface area contributed by atoms with Gasteiger partial charge in [0.25, 0.3) is 0 Å². The van der Waals surface area contributed by atoms with Crippen LogP contribution in [0.3, 0.4) is 0 Å². The predicted octanol–water partition coefficient (Wildman–Crippen LogP) is 13.0. The lowest BCUT2D eigenvalue weighted by Gasteiger charge is -2.22. The molecule has 0 aromatic heterocycles. The molecule has 6 aromatic rings. The second-order valence-corrected chi connectivity index (χ2v) is 16.6. The van der Waals surface area contributed by atoms with Crippen molar-refractivity contribution < 1.29 is 0 Å². The Balaban J connectivity index is 1.000. The van der Waals surface area contributed by atoms with Gasteiger partial charge in [0.05, 0.1) is 0 Å². The van der Waals surface area contributed by atoms with Gasteiger partial charge in [0.15, 0.2) is 0 Å². The lowest BCUT2D eigenvalue weighted by Crippen LogP contribution is -2.32.